The van der Waals surface area contributed by atoms with Crippen molar-refractivity contribution in [2.24, 2.45) is 0 Å². The normalized spacial score (nSPS) is 15.0. The molecule has 2 heterocycles. The summed E-state index contributed by atoms with van der Waals surface area (Å²) in [5.41, 5.74) is 2.56. The highest BCUT2D eigenvalue weighted by Crippen LogP contribution is 2.24. The molecule has 0 spiro atoms. The molecule has 6 nitrogen and oxygen atoms in total. The molecule has 0 N–H and O–H groups in total. The predicted molar refractivity (Wildman–Crippen MR) is 114 cm³/mol. The molecule has 1 aromatic carbocycles. The van der Waals surface area contributed by atoms with E-state index < -0.39 is 9.84 Å². The molecule has 2 aromatic rings. The lowest BCUT2D eigenvalue weighted by Gasteiger charge is -2.36. The number of benzene rings is 1. The molecule has 0 aliphatic carbocycles. The number of pyridine rings is 1. The van der Waals surface area contributed by atoms with Crippen molar-refractivity contribution in [2.45, 2.75) is 25.2 Å². The molecule has 1 amide bonds. The van der Waals surface area contributed by atoms with Crippen LogP contribution in [0.3, 0.4) is 0 Å². The van der Waals surface area contributed by atoms with E-state index in [0.29, 0.717) is 30.7 Å². The second kappa shape index (κ2) is 8.21. The third-order valence-electron chi connectivity index (χ3n) is 4.96. The Kier molecular flexibility index (Phi) is 6.09. The van der Waals surface area contributed by atoms with Gasteiger partial charge in [-0.25, -0.2) is 13.4 Å². The first-order chi connectivity index (χ1) is 13.2. The molecule has 0 atom stereocenters. The third-order valence-corrected chi connectivity index (χ3v) is 6.59. The average molecular weight is 466 g/mol. The molecule has 0 bridgehead atoms. The number of hydrogen-bond donors (Lipinski definition) is 0. The summed E-state index contributed by atoms with van der Waals surface area (Å²) in [4.78, 5) is 21.5. The maximum Gasteiger partial charge on any atom is 0.255 e. The highest BCUT2D eigenvalue weighted by atomic mass is 79.9. The van der Waals surface area contributed by atoms with Gasteiger partial charge < -0.3 is 9.80 Å². The van der Waals surface area contributed by atoms with Gasteiger partial charge in [0.1, 0.15) is 5.82 Å². The van der Waals surface area contributed by atoms with E-state index in [2.05, 4.69) is 45.7 Å². The Bertz CT molecular complexity index is 1000. The number of carbonyl (C=O) groups is 1. The van der Waals surface area contributed by atoms with E-state index in [1.54, 1.807) is 17.0 Å². The van der Waals surface area contributed by atoms with Crippen molar-refractivity contribution in [1.82, 2.24) is 9.88 Å². The number of rotatable bonds is 4. The van der Waals surface area contributed by atoms with Crippen molar-refractivity contribution < 1.29 is 13.2 Å². The van der Waals surface area contributed by atoms with Crippen LogP contribution in [0, 0.1) is 6.92 Å². The van der Waals surface area contributed by atoms with Crippen LogP contribution in [0.15, 0.2) is 39.8 Å². The van der Waals surface area contributed by atoms with Gasteiger partial charge in [0, 0.05) is 43.1 Å². The molecule has 1 aliphatic heterocycles. The molecule has 28 heavy (non-hydrogen) atoms. The molecular formula is C20H24BrN3O3S. The van der Waals surface area contributed by atoms with Crippen LogP contribution in [-0.4, -0.2) is 56.6 Å². The van der Waals surface area contributed by atoms with Crippen LogP contribution in [0.25, 0.3) is 0 Å². The van der Waals surface area contributed by atoms with Gasteiger partial charge in [-0.05, 0) is 42.7 Å². The van der Waals surface area contributed by atoms with Crippen LogP contribution in [0.4, 0.5) is 5.82 Å². The van der Waals surface area contributed by atoms with E-state index in [9.17, 15) is 13.2 Å². The summed E-state index contributed by atoms with van der Waals surface area (Å²) < 4.78 is 24.9. The third kappa shape index (κ3) is 4.38. The van der Waals surface area contributed by atoms with Crippen LogP contribution in [-0.2, 0) is 16.3 Å². The Morgan fingerprint density at radius 1 is 1.18 bits per heavy atom. The zero-order valence-corrected chi connectivity index (χ0v) is 18.7. The van der Waals surface area contributed by atoms with Gasteiger partial charge in [-0.2, -0.15) is 0 Å². The highest BCUT2D eigenvalue weighted by Gasteiger charge is 2.27. The van der Waals surface area contributed by atoms with E-state index >= 15 is 0 Å². The summed E-state index contributed by atoms with van der Waals surface area (Å²) in [5, 5.41) is 0. The quantitative estimate of drug-likeness (QED) is 0.693. The summed E-state index contributed by atoms with van der Waals surface area (Å²) in [7, 11) is -3.50. The minimum Gasteiger partial charge on any atom is -0.353 e. The number of nitrogens with zero attached hydrogens (tertiary/aromatic N) is 3. The molecule has 0 saturated carbocycles. The molecule has 3 rings (SSSR count). The van der Waals surface area contributed by atoms with Gasteiger partial charge in [-0.1, -0.05) is 28.9 Å². The van der Waals surface area contributed by atoms with E-state index in [1.165, 1.54) is 11.6 Å². The van der Waals surface area contributed by atoms with Gasteiger partial charge in [-0.3, -0.25) is 4.79 Å². The molecule has 0 radical (unpaired) electrons. The standard InChI is InChI=1S/C20H24BrN3O3S/c1-4-15-11-14(2)19(22-13-15)23-7-9-24(10-8-23)20(25)17-6-5-16(21)12-18(17)28(3,26)27/h5-6,11-13H,4,7-10H2,1-3H3. The maximum atomic E-state index is 13.0. The van der Waals surface area contributed by atoms with Crippen molar-refractivity contribution in [3.05, 3.63) is 51.6 Å². The van der Waals surface area contributed by atoms with Gasteiger partial charge >= 0.3 is 0 Å². The molecule has 1 aliphatic rings. The number of halogens is 1. The van der Waals surface area contributed by atoms with E-state index in [0.717, 1.165) is 24.1 Å². The van der Waals surface area contributed by atoms with Crippen LogP contribution >= 0.6 is 15.9 Å². The van der Waals surface area contributed by atoms with Crippen LogP contribution < -0.4 is 4.90 Å². The lowest BCUT2D eigenvalue weighted by atomic mass is 10.1. The fourth-order valence-electron chi connectivity index (χ4n) is 3.42. The topological polar surface area (TPSA) is 70.6 Å². The molecule has 1 aromatic heterocycles. The summed E-state index contributed by atoms with van der Waals surface area (Å²) in [6.07, 6.45) is 3.98. The minimum atomic E-state index is -3.50. The number of anilines is 1. The second-order valence-corrected chi connectivity index (χ2v) is 9.93. The zero-order valence-electron chi connectivity index (χ0n) is 16.3. The summed E-state index contributed by atoms with van der Waals surface area (Å²) in [6.45, 7) is 6.53. The van der Waals surface area contributed by atoms with Crippen LogP contribution in [0.2, 0.25) is 0 Å². The van der Waals surface area contributed by atoms with Gasteiger partial charge in [0.15, 0.2) is 9.84 Å². The summed E-state index contributed by atoms with van der Waals surface area (Å²) >= 11 is 3.28. The lowest BCUT2D eigenvalue weighted by Crippen LogP contribution is -2.49. The Hall–Kier alpha value is -1.93. The zero-order chi connectivity index (χ0) is 20.5. The monoisotopic (exact) mass is 465 g/mol. The van der Waals surface area contributed by atoms with Gasteiger partial charge in [0.2, 0.25) is 0 Å². The maximum absolute atomic E-state index is 13.0. The van der Waals surface area contributed by atoms with Crippen molar-refractivity contribution in [3.63, 3.8) is 0 Å². The number of amides is 1. The summed E-state index contributed by atoms with van der Waals surface area (Å²) in [6, 6.07) is 6.91. The highest BCUT2D eigenvalue weighted by molar-refractivity contribution is 9.10. The average Bonchev–Trinajstić information content (AvgIpc) is 2.67. The van der Waals surface area contributed by atoms with Gasteiger partial charge in [-0.15, -0.1) is 0 Å². The largest absolute Gasteiger partial charge is 0.353 e. The molecule has 8 heteroatoms. The Morgan fingerprint density at radius 2 is 1.86 bits per heavy atom. The summed E-state index contributed by atoms with van der Waals surface area (Å²) in [5.74, 6) is 0.698. The molecule has 150 valence electrons. The van der Waals surface area contributed by atoms with E-state index in [4.69, 9.17) is 0 Å². The first-order valence-corrected chi connectivity index (χ1v) is 11.9. The Labute approximate surface area is 174 Å². The number of hydrogen-bond acceptors (Lipinski definition) is 5. The number of aromatic nitrogens is 1. The number of sulfone groups is 1. The van der Waals surface area contributed by atoms with Gasteiger partial charge in [0.05, 0.1) is 10.5 Å². The fourth-order valence-corrected chi connectivity index (χ4v) is 4.83. The first kappa shape index (κ1) is 20.8. The molecule has 1 fully saturated rings. The molecule has 0 unspecified atom stereocenters. The van der Waals surface area contributed by atoms with Crippen molar-refractivity contribution in [2.75, 3.05) is 37.3 Å². The number of carbonyl (C=O) groups excluding carboxylic acids is 1. The minimum absolute atomic E-state index is 0.0574. The number of piperazine rings is 1. The van der Waals surface area contributed by atoms with Crippen molar-refractivity contribution in [3.8, 4) is 0 Å². The lowest BCUT2D eigenvalue weighted by molar-refractivity contribution is 0.0742. The SMILES string of the molecule is CCc1cnc(N2CCN(C(=O)c3ccc(Br)cc3S(C)(=O)=O)CC2)c(C)c1. The smallest absolute Gasteiger partial charge is 0.255 e. The Balaban J connectivity index is 1.76. The van der Waals surface area contributed by atoms with Gasteiger partial charge in [0.25, 0.3) is 5.91 Å². The van der Waals surface area contributed by atoms with Crippen LogP contribution in [0.1, 0.15) is 28.4 Å². The fraction of sp³-hybridized carbons (Fsp3) is 0.400. The molecule has 1 saturated heterocycles. The number of aryl methyl sites for hydroxylation is 2. The van der Waals surface area contributed by atoms with E-state index in [-0.39, 0.29) is 16.4 Å². The van der Waals surface area contributed by atoms with Crippen molar-refractivity contribution >= 4 is 37.5 Å². The second-order valence-electron chi connectivity index (χ2n) is 7.03. The Morgan fingerprint density at radius 3 is 2.43 bits per heavy atom. The van der Waals surface area contributed by atoms with E-state index in [1.807, 2.05) is 6.20 Å². The molecular weight excluding hydrogens is 442 g/mol. The first-order valence-electron chi connectivity index (χ1n) is 9.20. The predicted octanol–water partition coefficient (Wildman–Crippen LogP) is 3.08. The van der Waals surface area contributed by atoms with Crippen molar-refractivity contribution in [1.29, 1.82) is 0 Å². The van der Waals surface area contributed by atoms with Crippen LogP contribution in [0.5, 0.6) is 0 Å².